The van der Waals surface area contributed by atoms with Crippen LogP contribution >= 0.6 is 0 Å². The van der Waals surface area contributed by atoms with E-state index in [2.05, 4.69) is 0 Å². The summed E-state index contributed by atoms with van der Waals surface area (Å²) < 4.78 is 15.3. The molecule has 1 aromatic carbocycles. The summed E-state index contributed by atoms with van der Waals surface area (Å²) >= 11 is 0. The molecule has 0 aliphatic carbocycles. The zero-order valence-corrected chi connectivity index (χ0v) is 8.70. The van der Waals surface area contributed by atoms with E-state index in [0.29, 0.717) is 11.5 Å². The normalized spacial score (nSPS) is 14.1. The molecule has 1 aliphatic rings. The maximum Gasteiger partial charge on any atom is 0.310 e. The van der Waals surface area contributed by atoms with E-state index in [-0.39, 0.29) is 19.0 Å². The molecule has 0 saturated heterocycles. The highest BCUT2D eigenvalue weighted by molar-refractivity contribution is 5.75. The van der Waals surface area contributed by atoms with Gasteiger partial charge in [0.15, 0.2) is 0 Å². The van der Waals surface area contributed by atoms with E-state index in [4.69, 9.17) is 14.2 Å². The maximum atomic E-state index is 11.1. The number of carbonyl (C=O) groups is 1. The van der Waals surface area contributed by atoms with Crippen molar-refractivity contribution in [2.24, 2.45) is 0 Å². The zero-order chi connectivity index (χ0) is 10.8. The van der Waals surface area contributed by atoms with E-state index < -0.39 is 0 Å². The fourth-order valence-electron chi connectivity index (χ4n) is 1.66. The number of carbonyl (C=O) groups excluding carboxylic acids is 1. The number of rotatable bonds is 2. The second-order valence-electron chi connectivity index (χ2n) is 3.30. The van der Waals surface area contributed by atoms with Crippen LogP contribution in [-0.2, 0) is 22.6 Å². The van der Waals surface area contributed by atoms with Gasteiger partial charge in [-0.3, -0.25) is 4.79 Å². The van der Waals surface area contributed by atoms with Crippen molar-refractivity contribution >= 4 is 5.97 Å². The largest absolute Gasteiger partial charge is 0.497 e. The molecule has 0 unspecified atom stereocenters. The number of cyclic esters (lactones) is 1. The molecule has 1 aliphatic heterocycles. The summed E-state index contributed by atoms with van der Waals surface area (Å²) in [6.07, 6.45) is 0.281. The van der Waals surface area contributed by atoms with Crippen molar-refractivity contribution < 1.29 is 19.0 Å². The second-order valence-corrected chi connectivity index (χ2v) is 3.30. The lowest BCUT2D eigenvalue weighted by atomic mass is 10.0. The molecule has 4 nitrogen and oxygen atoms in total. The predicted molar refractivity (Wildman–Crippen MR) is 53.0 cm³/mol. The third-order valence-electron chi connectivity index (χ3n) is 2.44. The van der Waals surface area contributed by atoms with Crippen LogP contribution in [0.4, 0.5) is 0 Å². The topological polar surface area (TPSA) is 44.8 Å². The molecule has 1 aromatic rings. The van der Waals surface area contributed by atoms with Gasteiger partial charge in [-0.2, -0.15) is 0 Å². The Hall–Kier alpha value is -1.71. The summed E-state index contributed by atoms with van der Waals surface area (Å²) in [6, 6.07) is 3.64. The summed E-state index contributed by atoms with van der Waals surface area (Å²) in [5, 5.41) is 0. The average molecular weight is 208 g/mol. The van der Waals surface area contributed by atoms with Crippen LogP contribution in [0.1, 0.15) is 11.1 Å². The van der Waals surface area contributed by atoms with Gasteiger partial charge < -0.3 is 14.2 Å². The molecule has 0 fully saturated rings. The molecule has 0 spiro atoms. The number of benzene rings is 1. The van der Waals surface area contributed by atoms with Crippen LogP contribution < -0.4 is 9.47 Å². The Morgan fingerprint density at radius 1 is 1.27 bits per heavy atom. The van der Waals surface area contributed by atoms with Gasteiger partial charge in [-0.1, -0.05) is 0 Å². The highest BCUT2D eigenvalue weighted by Gasteiger charge is 2.21. The molecule has 1 heterocycles. The Bertz CT molecular complexity index is 398. The van der Waals surface area contributed by atoms with Crippen molar-refractivity contribution in [1.29, 1.82) is 0 Å². The summed E-state index contributed by atoms with van der Waals surface area (Å²) in [5.41, 5.74) is 1.85. The van der Waals surface area contributed by atoms with Crippen molar-refractivity contribution in [3.63, 3.8) is 0 Å². The molecule has 0 aromatic heterocycles. The van der Waals surface area contributed by atoms with Crippen molar-refractivity contribution in [1.82, 2.24) is 0 Å². The third-order valence-corrected chi connectivity index (χ3v) is 2.44. The van der Waals surface area contributed by atoms with Gasteiger partial charge in [-0.25, -0.2) is 0 Å². The Labute approximate surface area is 87.8 Å². The minimum Gasteiger partial charge on any atom is -0.497 e. The number of hydrogen-bond donors (Lipinski definition) is 0. The first-order valence-corrected chi connectivity index (χ1v) is 4.64. The summed E-state index contributed by atoms with van der Waals surface area (Å²) in [7, 11) is 3.17. The fourth-order valence-corrected chi connectivity index (χ4v) is 1.66. The van der Waals surface area contributed by atoms with E-state index in [1.165, 1.54) is 0 Å². The van der Waals surface area contributed by atoms with Crippen LogP contribution in [-0.4, -0.2) is 20.2 Å². The van der Waals surface area contributed by atoms with E-state index in [1.807, 2.05) is 6.07 Å². The Kier molecular flexibility index (Phi) is 2.49. The van der Waals surface area contributed by atoms with Gasteiger partial charge in [0.05, 0.1) is 20.6 Å². The Morgan fingerprint density at radius 3 is 2.73 bits per heavy atom. The number of methoxy groups -OCH3 is 2. The fraction of sp³-hybridized carbons (Fsp3) is 0.364. The van der Waals surface area contributed by atoms with Crippen LogP contribution in [0.3, 0.4) is 0 Å². The first-order chi connectivity index (χ1) is 7.24. The third kappa shape index (κ3) is 1.75. The molecule has 80 valence electrons. The first-order valence-electron chi connectivity index (χ1n) is 4.64. The molecule has 0 saturated carbocycles. The lowest BCUT2D eigenvalue weighted by Crippen LogP contribution is -2.17. The van der Waals surface area contributed by atoms with Gasteiger partial charge in [0.25, 0.3) is 0 Å². The molecule has 4 heteroatoms. The van der Waals surface area contributed by atoms with E-state index in [1.54, 1.807) is 20.3 Å². The van der Waals surface area contributed by atoms with Gasteiger partial charge in [-0.15, -0.1) is 0 Å². The molecular weight excluding hydrogens is 196 g/mol. The van der Waals surface area contributed by atoms with Gasteiger partial charge in [0, 0.05) is 11.6 Å². The van der Waals surface area contributed by atoms with Gasteiger partial charge in [0.1, 0.15) is 18.1 Å². The highest BCUT2D eigenvalue weighted by Crippen LogP contribution is 2.32. The lowest BCUT2D eigenvalue weighted by Gasteiger charge is -2.19. The predicted octanol–water partition coefficient (Wildman–Crippen LogP) is 1.30. The van der Waals surface area contributed by atoms with E-state index in [9.17, 15) is 4.79 Å². The SMILES string of the molecule is COc1cc2c(c(OC)c1)COC(=O)C2. The van der Waals surface area contributed by atoms with E-state index >= 15 is 0 Å². The van der Waals surface area contributed by atoms with E-state index in [0.717, 1.165) is 11.1 Å². The summed E-state index contributed by atoms with van der Waals surface area (Å²) in [4.78, 5) is 11.1. The molecule has 2 rings (SSSR count). The number of fused-ring (bicyclic) bond motifs is 1. The van der Waals surface area contributed by atoms with Crippen LogP contribution in [0.5, 0.6) is 11.5 Å². The minimum atomic E-state index is -0.210. The van der Waals surface area contributed by atoms with Gasteiger partial charge in [0.2, 0.25) is 0 Å². The molecule has 0 amide bonds. The molecule has 15 heavy (non-hydrogen) atoms. The molecule has 0 bridgehead atoms. The molecule has 0 atom stereocenters. The number of ether oxygens (including phenoxy) is 3. The molecule has 0 N–H and O–H groups in total. The smallest absolute Gasteiger partial charge is 0.310 e. The van der Waals surface area contributed by atoms with Crippen LogP contribution in [0, 0.1) is 0 Å². The zero-order valence-electron chi connectivity index (χ0n) is 8.70. The standard InChI is InChI=1S/C11H12O4/c1-13-8-3-7-4-11(12)15-6-9(7)10(5-8)14-2/h3,5H,4,6H2,1-2H3. The van der Waals surface area contributed by atoms with Crippen LogP contribution in [0.15, 0.2) is 12.1 Å². The molecule has 0 radical (unpaired) electrons. The molecular formula is C11H12O4. The van der Waals surface area contributed by atoms with Crippen LogP contribution in [0.2, 0.25) is 0 Å². The van der Waals surface area contributed by atoms with Gasteiger partial charge in [-0.05, 0) is 11.6 Å². The number of esters is 1. The van der Waals surface area contributed by atoms with Crippen molar-refractivity contribution in [3.8, 4) is 11.5 Å². The van der Waals surface area contributed by atoms with Crippen LogP contribution in [0.25, 0.3) is 0 Å². The second kappa shape index (κ2) is 3.81. The highest BCUT2D eigenvalue weighted by atomic mass is 16.5. The number of hydrogen-bond acceptors (Lipinski definition) is 4. The lowest BCUT2D eigenvalue weighted by molar-refractivity contribution is -0.145. The van der Waals surface area contributed by atoms with Gasteiger partial charge >= 0.3 is 5.97 Å². The quantitative estimate of drug-likeness (QED) is 0.687. The first kappa shape index (κ1) is 9.83. The minimum absolute atomic E-state index is 0.210. The van der Waals surface area contributed by atoms with Crippen molar-refractivity contribution in [3.05, 3.63) is 23.3 Å². The average Bonchev–Trinajstić information content (AvgIpc) is 2.26. The Balaban J connectivity index is 2.49. The Morgan fingerprint density at radius 2 is 2.07 bits per heavy atom. The monoisotopic (exact) mass is 208 g/mol. The maximum absolute atomic E-state index is 11.1. The van der Waals surface area contributed by atoms with Crippen molar-refractivity contribution in [2.45, 2.75) is 13.0 Å². The summed E-state index contributed by atoms with van der Waals surface area (Å²) in [5.74, 6) is 1.19. The summed E-state index contributed by atoms with van der Waals surface area (Å²) in [6.45, 7) is 0.279. The van der Waals surface area contributed by atoms with Crippen molar-refractivity contribution in [2.75, 3.05) is 14.2 Å².